The predicted molar refractivity (Wildman–Crippen MR) is 74.4 cm³/mol. The lowest BCUT2D eigenvalue weighted by Crippen LogP contribution is -2.14. The first-order chi connectivity index (χ1) is 9.15. The van der Waals surface area contributed by atoms with Gasteiger partial charge in [-0.3, -0.25) is 9.48 Å². The Morgan fingerprint density at radius 1 is 1.26 bits per heavy atom. The van der Waals surface area contributed by atoms with Crippen molar-refractivity contribution in [2.75, 3.05) is 5.32 Å². The van der Waals surface area contributed by atoms with Gasteiger partial charge in [-0.25, -0.2) is 0 Å². The zero-order valence-corrected chi connectivity index (χ0v) is 11.2. The molecule has 0 atom stereocenters. The van der Waals surface area contributed by atoms with Crippen molar-refractivity contribution < 1.29 is 4.79 Å². The monoisotopic (exact) mass is 255 g/mol. The van der Waals surface area contributed by atoms with E-state index in [4.69, 9.17) is 0 Å². The normalized spacial score (nSPS) is 13.4. The summed E-state index contributed by atoms with van der Waals surface area (Å²) >= 11 is 0. The quantitative estimate of drug-likeness (QED) is 0.896. The number of aromatic nitrogens is 2. The number of nitrogens with one attached hydrogen (secondary N) is 1. The van der Waals surface area contributed by atoms with Crippen LogP contribution in [-0.2, 0) is 19.9 Å². The lowest BCUT2D eigenvalue weighted by molar-refractivity contribution is 0.102. The molecule has 0 bridgehead atoms. The van der Waals surface area contributed by atoms with Crippen LogP contribution in [0.4, 0.5) is 5.69 Å². The maximum Gasteiger partial charge on any atom is 0.276 e. The number of amides is 1. The number of fused-ring (bicyclic) bond motifs is 1. The van der Waals surface area contributed by atoms with E-state index in [0.29, 0.717) is 5.69 Å². The highest BCUT2D eigenvalue weighted by atomic mass is 16.2. The van der Waals surface area contributed by atoms with Crippen molar-refractivity contribution in [2.45, 2.75) is 26.2 Å². The molecule has 2 aromatic rings. The molecule has 0 unspecified atom stereocenters. The molecule has 3 rings (SSSR count). The highest BCUT2D eigenvalue weighted by Crippen LogP contribution is 2.25. The van der Waals surface area contributed by atoms with E-state index in [1.54, 1.807) is 0 Å². The number of benzene rings is 1. The molecule has 4 nitrogen and oxygen atoms in total. The molecule has 1 heterocycles. The van der Waals surface area contributed by atoms with Crippen LogP contribution in [0, 0.1) is 6.92 Å². The van der Waals surface area contributed by atoms with Crippen LogP contribution in [0.1, 0.15) is 33.7 Å². The van der Waals surface area contributed by atoms with Crippen molar-refractivity contribution in [3.8, 4) is 0 Å². The Kier molecular flexibility index (Phi) is 2.85. The molecule has 0 spiro atoms. The van der Waals surface area contributed by atoms with Gasteiger partial charge in [0, 0.05) is 24.0 Å². The SMILES string of the molecule is Cc1ccc(NC(=O)c2nn(C)c3c2CCC3)cc1. The fourth-order valence-electron chi connectivity index (χ4n) is 2.62. The fraction of sp³-hybridized carbons (Fsp3) is 0.333. The first-order valence-corrected chi connectivity index (χ1v) is 6.58. The number of rotatable bonds is 2. The van der Waals surface area contributed by atoms with Crippen LogP contribution in [0.15, 0.2) is 24.3 Å². The van der Waals surface area contributed by atoms with E-state index in [0.717, 1.165) is 30.5 Å². The summed E-state index contributed by atoms with van der Waals surface area (Å²) in [6.07, 6.45) is 3.10. The Bertz CT molecular complexity index is 626. The van der Waals surface area contributed by atoms with Crippen molar-refractivity contribution in [3.05, 3.63) is 46.8 Å². The predicted octanol–water partition coefficient (Wildman–Crippen LogP) is 2.47. The minimum atomic E-state index is -0.109. The average Bonchev–Trinajstić information content (AvgIpc) is 2.97. The third kappa shape index (κ3) is 2.14. The molecule has 98 valence electrons. The zero-order chi connectivity index (χ0) is 13.4. The van der Waals surface area contributed by atoms with E-state index in [1.165, 1.54) is 11.3 Å². The Labute approximate surface area is 112 Å². The van der Waals surface area contributed by atoms with Gasteiger partial charge in [0.15, 0.2) is 5.69 Å². The van der Waals surface area contributed by atoms with Crippen LogP contribution in [-0.4, -0.2) is 15.7 Å². The Hall–Kier alpha value is -2.10. The van der Waals surface area contributed by atoms with Crippen LogP contribution in [0.5, 0.6) is 0 Å². The van der Waals surface area contributed by atoms with Gasteiger partial charge in [-0.05, 0) is 38.3 Å². The summed E-state index contributed by atoms with van der Waals surface area (Å²) in [5, 5.41) is 7.26. The smallest absolute Gasteiger partial charge is 0.276 e. The van der Waals surface area contributed by atoms with Gasteiger partial charge in [0.05, 0.1) is 0 Å². The minimum absolute atomic E-state index is 0.109. The molecular formula is C15H17N3O. The van der Waals surface area contributed by atoms with E-state index >= 15 is 0 Å². The second-order valence-electron chi connectivity index (χ2n) is 5.07. The van der Waals surface area contributed by atoms with Crippen LogP contribution in [0.25, 0.3) is 0 Å². The number of hydrogen-bond donors (Lipinski definition) is 1. The molecule has 4 heteroatoms. The summed E-state index contributed by atoms with van der Waals surface area (Å²) in [6.45, 7) is 2.03. The van der Waals surface area contributed by atoms with Crippen LogP contribution in [0.2, 0.25) is 0 Å². The van der Waals surface area contributed by atoms with Crippen LogP contribution >= 0.6 is 0 Å². The number of nitrogens with zero attached hydrogens (tertiary/aromatic N) is 2. The standard InChI is InChI=1S/C15H17N3O/c1-10-6-8-11(9-7-10)16-15(19)14-12-4-3-5-13(12)18(2)17-14/h6-9H,3-5H2,1-2H3,(H,16,19). The van der Waals surface area contributed by atoms with Gasteiger partial charge < -0.3 is 5.32 Å². The molecule has 1 aromatic carbocycles. The van der Waals surface area contributed by atoms with Gasteiger partial charge in [0.25, 0.3) is 5.91 Å². The van der Waals surface area contributed by atoms with Crippen LogP contribution < -0.4 is 5.32 Å². The second kappa shape index (κ2) is 4.53. The molecule has 1 aromatic heterocycles. The van der Waals surface area contributed by atoms with Gasteiger partial charge in [-0.1, -0.05) is 17.7 Å². The second-order valence-corrected chi connectivity index (χ2v) is 5.07. The largest absolute Gasteiger partial charge is 0.321 e. The van der Waals surface area contributed by atoms with E-state index < -0.39 is 0 Å². The highest BCUT2D eigenvalue weighted by Gasteiger charge is 2.24. The molecule has 1 aliphatic rings. The number of hydrogen-bond acceptors (Lipinski definition) is 2. The topological polar surface area (TPSA) is 46.9 Å². The summed E-state index contributed by atoms with van der Waals surface area (Å²) in [7, 11) is 1.91. The van der Waals surface area contributed by atoms with E-state index in [9.17, 15) is 4.79 Å². The van der Waals surface area contributed by atoms with E-state index in [1.807, 2.05) is 42.9 Å². The molecule has 0 saturated heterocycles. The summed E-state index contributed by atoms with van der Waals surface area (Å²) in [6, 6.07) is 7.80. The van der Waals surface area contributed by atoms with Crippen molar-refractivity contribution in [3.63, 3.8) is 0 Å². The number of anilines is 1. The molecule has 1 aliphatic carbocycles. The average molecular weight is 255 g/mol. The number of carbonyl (C=O) groups is 1. The third-order valence-electron chi connectivity index (χ3n) is 3.64. The lowest BCUT2D eigenvalue weighted by atomic mass is 10.2. The van der Waals surface area contributed by atoms with Crippen molar-refractivity contribution in [1.29, 1.82) is 0 Å². The Balaban J connectivity index is 1.85. The van der Waals surface area contributed by atoms with Crippen molar-refractivity contribution in [2.24, 2.45) is 7.05 Å². The van der Waals surface area contributed by atoms with E-state index in [2.05, 4.69) is 10.4 Å². The lowest BCUT2D eigenvalue weighted by Gasteiger charge is -2.04. The molecule has 1 amide bonds. The first-order valence-electron chi connectivity index (χ1n) is 6.58. The number of carbonyl (C=O) groups excluding carboxylic acids is 1. The molecular weight excluding hydrogens is 238 g/mol. The summed E-state index contributed by atoms with van der Waals surface area (Å²) in [5.74, 6) is -0.109. The van der Waals surface area contributed by atoms with Gasteiger partial charge in [0.2, 0.25) is 0 Å². The highest BCUT2D eigenvalue weighted by molar-refractivity contribution is 6.04. The molecule has 0 aliphatic heterocycles. The van der Waals surface area contributed by atoms with Gasteiger partial charge in [-0.15, -0.1) is 0 Å². The fourth-order valence-corrected chi connectivity index (χ4v) is 2.62. The summed E-state index contributed by atoms with van der Waals surface area (Å²) in [5.41, 5.74) is 4.89. The maximum absolute atomic E-state index is 12.3. The molecule has 0 fully saturated rings. The zero-order valence-electron chi connectivity index (χ0n) is 11.2. The molecule has 1 N–H and O–H groups in total. The van der Waals surface area contributed by atoms with Crippen LogP contribution in [0.3, 0.4) is 0 Å². The summed E-state index contributed by atoms with van der Waals surface area (Å²) in [4.78, 5) is 12.3. The Morgan fingerprint density at radius 3 is 2.74 bits per heavy atom. The molecule has 0 saturated carbocycles. The van der Waals surface area contributed by atoms with Crippen molar-refractivity contribution in [1.82, 2.24) is 9.78 Å². The van der Waals surface area contributed by atoms with E-state index in [-0.39, 0.29) is 5.91 Å². The molecule has 0 radical (unpaired) electrons. The summed E-state index contributed by atoms with van der Waals surface area (Å²) < 4.78 is 1.84. The molecule has 19 heavy (non-hydrogen) atoms. The van der Waals surface area contributed by atoms with Gasteiger partial charge in [-0.2, -0.15) is 5.10 Å². The maximum atomic E-state index is 12.3. The Morgan fingerprint density at radius 2 is 2.00 bits per heavy atom. The van der Waals surface area contributed by atoms with Crippen molar-refractivity contribution >= 4 is 11.6 Å². The van der Waals surface area contributed by atoms with Gasteiger partial charge in [0.1, 0.15) is 0 Å². The minimum Gasteiger partial charge on any atom is -0.321 e. The van der Waals surface area contributed by atoms with Gasteiger partial charge >= 0.3 is 0 Å². The first kappa shape index (κ1) is 12.0. The number of aryl methyl sites for hydroxylation is 2. The third-order valence-corrected chi connectivity index (χ3v) is 3.64.